The first-order valence-corrected chi connectivity index (χ1v) is 8.48. The van der Waals surface area contributed by atoms with Crippen molar-refractivity contribution in [3.63, 3.8) is 0 Å². The molecule has 4 aromatic rings. The zero-order valence-corrected chi connectivity index (χ0v) is 14.5. The van der Waals surface area contributed by atoms with Crippen LogP contribution in [0.4, 0.5) is 0 Å². The number of nitriles is 1. The average Bonchev–Trinajstić information content (AvgIpc) is 3.28. The molecule has 2 aromatic carbocycles. The molecule has 130 valence electrons. The van der Waals surface area contributed by atoms with Crippen LogP contribution in [0.3, 0.4) is 0 Å². The number of ether oxygens (including phenoxy) is 1. The third kappa shape index (κ3) is 3.70. The molecule has 0 aliphatic rings. The molecule has 0 bridgehead atoms. The van der Waals surface area contributed by atoms with Gasteiger partial charge in [0.2, 0.25) is 0 Å². The van der Waals surface area contributed by atoms with Gasteiger partial charge in [-0.05, 0) is 53.1 Å². The molecule has 2 aromatic heterocycles. The summed E-state index contributed by atoms with van der Waals surface area (Å²) in [6.07, 6.45) is 8.81. The molecule has 5 heteroatoms. The van der Waals surface area contributed by atoms with Crippen molar-refractivity contribution in [2.75, 3.05) is 0 Å². The Morgan fingerprint density at radius 2 is 1.89 bits per heavy atom. The lowest BCUT2D eigenvalue weighted by atomic mass is 9.98. The van der Waals surface area contributed by atoms with Gasteiger partial charge in [-0.15, -0.1) is 0 Å². The van der Waals surface area contributed by atoms with Crippen molar-refractivity contribution < 1.29 is 4.74 Å². The molecule has 4 rings (SSSR count). The maximum absolute atomic E-state index is 9.24. The SMILES string of the molecule is N#Cc1ccc(-c2ccc(-n3ccnc3)cc2)c(COc2cccnc2)c1. The van der Waals surface area contributed by atoms with Crippen molar-refractivity contribution in [3.05, 3.63) is 96.8 Å². The van der Waals surface area contributed by atoms with Crippen LogP contribution in [0, 0.1) is 11.3 Å². The van der Waals surface area contributed by atoms with E-state index >= 15 is 0 Å². The summed E-state index contributed by atoms with van der Waals surface area (Å²) >= 11 is 0. The van der Waals surface area contributed by atoms with Crippen LogP contribution in [-0.4, -0.2) is 14.5 Å². The Kier molecular flexibility index (Phi) is 4.62. The van der Waals surface area contributed by atoms with E-state index in [4.69, 9.17) is 4.74 Å². The summed E-state index contributed by atoms with van der Waals surface area (Å²) in [5, 5.41) is 9.24. The van der Waals surface area contributed by atoms with Crippen molar-refractivity contribution in [1.29, 1.82) is 5.26 Å². The van der Waals surface area contributed by atoms with Gasteiger partial charge in [0, 0.05) is 24.3 Å². The molecule has 0 atom stereocenters. The summed E-state index contributed by atoms with van der Waals surface area (Å²) < 4.78 is 7.81. The van der Waals surface area contributed by atoms with Crippen LogP contribution in [0.5, 0.6) is 5.75 Å². The standard InChI is InChI=1S/C22H16N4O/c23-13-17-3-8-22(19(12-17)15-27-21-2-1-9-24-14-21)18-4-6-20(7-5-18)26-11-10-25-16-26/h1-12,14,16H,15H2. The first-order valence-electron chi connectivity index (χ1n) is 8.48. The van der Waals surface area contributed by atoms with Crippen LogP contribution in [0.2, 0.25) is 0 Å². The zero-order chi connectivity index (χ0) is 18.5. The highest BCUT2D eigenvalue weighted by Gasteiger charge is 2.08. The van der Waals surface area contributed by atoms with E-state index in [1.807, 2.05) is 53.2 Å². The molecule has 27 heavy (non-hydrogen) atoms. The molecule has 0 fully saturated rings. The number of benzene rings is 2. The number of aromatic nitrogens is 3. The van der Waals surface area contributed by atoms with Gasteiger partial charge in [0.15, 0.2) is 0 Å². The predicted molar refractivity (Wildman–Crippen MR) is 102 cm³/mol. The number of hydrogen-bond donors (Lipinski definition) is 0. The average molecular weight is 352 g/mol. The normalized spacial score (nSPS) is 10.3. The molecule has 0 saturated carbocycles. The quantitative estimate of drug-likeness (QED) is 0.534. The summed E-state index contributed by atoms with van der Waals surface area (Å²) in [5.41, 5.74) is 4.70. The van der Waals surface area contributed by atoms with Crippen molar-refractivity contribution in [2.45, 2.75) is 6.61 Å². The van der Waals surface area contributed by atoms with E-state index in [1.165, 1.54) is 0 Å². The van der Waals surface area contributed by atoms with Gasteiger partial charge >= 0.3 is 0 Å². The molecule has 0 unspecified atom stereocenters. The Labute approximate surface area is 157 Å². The summed E-state index contributed by atoms with van der Waals surface area (Å²) in [5.74, 6) is 0.696. The van der Waals surface area contributed by atoms with E-state index < -0.39 is 0 Å². The largest absolute Gasteiger partial charge is 0.487 e. The number of pyridine rings is 1. The molecule has 2 heterocycles. The van der Waals surface area contributed by atoms with Gasteiger partial charge in [0.1, 0.15) is 12.4 Å². The maximum Gasteiger partial charge on any atom is 0.138 e. The molecule has 5 nitrogen and oxygen atoms in total. The lowest BCUT2D eigenvalue weighted by molar-refractivity contribution is 0.305. The Hall–Kier alpha value is -3.91. The van der Waals surface area contributed by atoms with E-state index in [0.29, 0.717) is 17.9 Å². The second kappa shape index (κ2) is 7.54. The third-order valence-corrected chi connectivity index (χ3v) is 4.24. The Balaban J connectivity index is 1.64. The van der Waals surface area contributed by atoms with Crippen LogP contribution in [-0.2, 0) is 6.61 Å². The molecular weight excluding hydrogens is 336 g/mol. The monoisotopic (exact) mass is 352 g/mol. The number of hydrogen-bond acceptors (Lipinski definition) is 4. The second-order valence-electron chi connectivity index (χ2n) is 5.98. The summed E-state index contributed by atoms with van der Waals surface area (Å²) in [4.78, 5) is 8.14. The van der Waals surface area contributed by atoms with E-state index in [1.54, 1.807) is 24.9 Å². The molecule has 0 amide bonds. The van der Waals surface area contributed by atoms with Gasteiger partial charge in [0.25, 0.3) is 0 Å². The molecule has 0 aliphatic carbocycles. The zero-order valence-electron chi connectivity index (χ0n) is 14.5. The van der Waals surface area contributed by atoms with E-state index in [-0.39, 0.29) is 0 Å². The second-order valence-corrected chi connectivity index (χ2v) is 5.98. The van der Waals surface area contributed by atoms with Crippen molar-refractivity contribution >= 4 is 0 Å². The Morgan fingerprint density at radius 3 is 2.59 bits per heavy atom. The Morgan fingerprint density at radius 1 is 1.00 bits per heavy atom. The van der Waals surface area contributed by atoms with Crippen molar-refractivity contribution in [3.8, 4) is 28.6 Å². The van der Waals surface area contributed by atoms with Gasteiger partial charge in [-0.2, -0.15) is 5.26 Å². The van der Waals surface area contributed by atoms with Gasteiger partial charge in [0.05, 0.1) is 24.2 Å². The maximum atomic E-state index is 9.24. The fraction of sp³-hybridized carbons (Fsp3) is 0.0455. The van der Waals surface area contributed by atoms with Crippen LogP contribution in [0.1, 0.15) is 11.1 Å². The van der Waals surface area contributed by atoms with Crippen LogP contribution in [0.25, 0.3) is 16.8 Å². The minimum absolute atomic E-state index is 0.361. The highest BCUT2D eigenvalue weighted by Crippen LogP contribution is 2.27. The molecule has 0 aliphatic heterocycles. The van der Waals surface area contributed by atoms with Gasteiger partial charge in [-0.1, -0.05) is 18.2 Å². The van der Waals surface area contributed by atoms with Gasteiger partial charge in [-0.3, -0.25) is 4.98 Å². The first kappa shape index (κ1) is 16.6. The van der Waals surface area contributed by atoms with Gasteiger partial charge in [-0.25, -0.2) is 4.98 Å². The summed E-state index contributed by atoms with van der Waals surface area (Å²) in [6, 6.07) is 19.8. The lowest BCUT2D eigenvalue weighted by Crippen LogP contribution is -1.99. The van der Waals surface area contributed by atoms with Gasteiger partial charge < -0.3 is 9.30 Å². The molecule has 0 N–H and O–H groups in total. The molecule has 0 radical (unpaired) electrons. The van der Waals surface area contributed by atoms with Crippen molar-refractivity contribution in [1.82, 2.24) is 14.5 Å². The van der Waals surface area contributed by atoms with Crippen LogP contribution < -0.4 is 4.74 Å². The highest BCUT2D eigenvalue weighted by molar-refractivity contribution is 5.69. The summed E-state index contributed by atoms with van der Waals surface area (Å²) in [6.45, 7) is 0.361. The Bertz CT molecular complexity index is 1070. The van der Waals surface area contributed by atoms with Crippen LogP contribution in [0.15, 0.2) is 85.7 Å². The van der Waals surface area contributed by atoms with Crippen LogP contribution >= 0.6 is 0 Å². The third-order valence-electron chi connectivity index (χ3n) is 4.24. The van der Waals surface area contributed by atoms with Crippen molar-refractivity contribution in [2.24, 2.45) is 0 Å². The van der Waals surface area contributed by atoms with E-state index in [0.717, 1.165) is 22.4 Å². The topological polar surface area (TPSA) is 63.7 Å². The predicted octanol–water partition coefficient (Wildman–Crippen LogP) is 4.38. The van der Waals surface area contributed by atoms with E-state index in [2.05, 4.69) is 28.2 Å². The number of imidazole rings is 1. The molecule has 0 spiro atoms. The first-order chi connectivity index (χ1) is 13.3. The fourth-order valence-corrected chi connectivity index (χ4v) is 2.88. The number of rotatable bonds is 5. The lowest BCUT2D eigenvalue weighted by Gasteiger charge is -2.12. The molecule has 0 saturated heterocycles. The molecular formula is C22H16N4O. The summed E-state index contributed by atoms with van der Waals surface area (Å²) in [7, 11) is 0. The number of nitrogens with zero attached hydrogens (tertiary/aromatic N) is 4. The smallest absolute Gasteiger partial charge is 0.138 e. The minimum Gasteiger partial charge on any atom is -0.487 e. The highest BCUT2D eigenvalue weighted by atomic mass is 16.5. The van der Waals surface area contributed by atoms with E-state index in [9.17, 15) is 5.26 Å². The fourth-order valence-electron chi connectivity index (χ4n) is 2.88. The minimum atomic E-state index is 0.361.